The Morgan fingerprint density at radius 2 is 1.31 bits per heavy atom. The number of aliphatic hydroxyl groups excluding tert-OH is 13. The molecule has 0 aliphatic carbocycles. The van der Waals surface area contributed by atoms with Gasteiger partial charge in [-0.2, -0.15) is 0 Å². The molecule has 27 heteroatoms. The molecule has 4 rings (SSSR count). The number of carbonyl (C=O) groups is 3. The number of aliphatic hydroxyl groups is 13. The summed E-state index contributed by atoms with van der Waals surface area (Å²) in [5.41, 5.74) is 0. The van der Waals surface area contributed by atoms with E-state index in [9.17, 15) is 85.9 Å². The second-order valence-electron chi connectivity index (χ2n) is 14.3. The molecular weight excluding hydrogens is 812 g/mol. The lowest BCUT2D eigenvalue weighted by Crippen LogP contribution is -2.72. The van der Waals surface area contributed by atoms with Crippen LogP contribution in [0.25, 0.3) is 0 Å². The lowest BCUT2D eigenvalue weighted by atomic mass is 9.87. The van der Waals surface area contributed by atoms with Crippen molar-refractivity contribution in [2.75, 3.05) is 40.1 Å². The predicted octanol–water partition coefficient (Wildman–Crippen LogP) is -10.6. The zero-order valence-electron chi connectivity index (χ0n) is 31.5. The van der Waals surface area contributed by atoms with Crippen molar-refractivity contribution in [1.82, 2.24) is 10.6 Å². The largest absolute Gasteiger partial charge is 0.477 e. The number of hydrogen-bond donors (Lipinski definition) is 16. The van der Waals surface area contributed by atoms with Crippen LogP contribution in [-0.4, -0.2) is 258 Å². The minimum Gasteiger partial charge on any atom is -0.477 e. The van der Waals surface area contributed by atoms with Crippen LogP contribution in [0.3, 0.4) is 0 Å². The van der Waals surface area contributed by atoms with E-state index in [0.29, 0.717) is 0 Å². The van der Waals surface area contributed by atoms with Crippen molar-refractivity contribution in [2.24, 2.45) is 0 Å². The fourth-order valence-electron chi connectivity index (χ4n) is 7.25. The summed E-state index contributed by atoms with van der Waals surface area (Å²) in [5.74, 6) is -7.17. The summed E-state index contributed by atoms with van der Waals surface area (Å²) in [6.07, 6.45) is -35.8. The number of rotatable bonds is 17. The van der Waals surface area contributed by atoms with Gasteiger partial charge in [-0.05, 0) is 0 Å². The zero-order valence-corrected chi connectivity index (χ0v) is 31.5. The summed E-state index contributed by atoms with van der Waals surface area (Å²) in [6, 6.07) is -3.59. The van der Waals surface area contributed by atoms with Crippen molar-refractivity contribution in [3.05, 3.63) is 0 Å². The van der Waals surface area contributed by atoms with E-state index in [0.717, 1.165) is 14.0 Å². The molecule has 0 radical (unpaired) electrons. The van der Waals surface area contributed by atoms with Crippen LogP contribution in [0.1, 0.15) is 13.3 Å². The Balaban J connectivity index is 1.72. The molecule has 2 amide bonds. The first kappa shape index (κ1) is 49.2. The minimum atomic E-state index is -3.13. The molecule has 0 spiro atoms. The number of carboxylic acids is 1. The minimum absolute atomic E-state index is 0.897. The van der Waals surface area contributed by atoms with Gasteiger partial charge in [-0.25, -0.2) is 4.79 Å². The molecule has 16 N–H and O–H groups in total. The van der Waals surface area contributed by atoms with E-state index in [2.05, 4.69) is 10.6 Å². The predicted molar refractivity (Wildman–Crippen MR) is 180 cm³/mol. The molecule has 27 nitrogen and oxygen atoms in total. The fourth-order valence-corrected chi connectivity index (χ4v) is 7.25. The molecule has 4 aliphatic rings. The van der Waals surface area contributed by atoms with Gasteiger partial charge in [0.05, 0.1) is 38.6 Å². The molecule has 342 valence electrons. The monoisotopic (exact) mass is 866 g/mol. The summed E-state index contributed by atoms with van der Waals surface area (Å²) in [6.45, 7) is -4.01. The fraction of sp³-hybridized carbons (Fsp3) is 0.906. The summed E-state index contributed by atoms with van der Waals surface area (Å²) in [7, 11) is 1.05. The van der Waals surface area contributed by atoms with Crippen molar-refractivity contribution in [1.29, 1.82) is 0 Å². The van der Waals surface area contributed by atoms with Crippen LogP contribution in [0, 0.1) is 0 Å². The number of amides is 2. The summed E-state index contributed by atoms with van der Waals surface area (Å²) in [5, 5.41) is 151. The van der Waals surface area contributed by atoms with Gasteiger partial charge >= 0.3 is 5.97 Å². The average molecular weight is 867 g/mol. The van der Waals surface area contributed by atoms with Gasteiger partial charge in [-0.3, -0.25) is 9.59 Å². The van der Waals surface area contributed by atoms with Gasteiger partial charge in [0.25, 0.3) is 5.79 Å². The second-order valence-corrected chi connectivity index (χ2v) is 14.3. The molecule has 0 aromatic carbocycles. The van der Waals surface area contributed by atoms with Gasteiger partial charge in [0.1, 0.15) is 98.1 Å². The van der Waals surface area contributed by atoms with Crippen LogP contribution in [0.15, 0.2) is 0 Å². The van der Waals surface area contributed by atoms with E-state index in [1.165, 1.54) is 0 Å². The molecule has 0 aromatic heterocycles. The SMILES string of the molecule is CO[C@H](CO)[C@@H](O)[C@@H]1OC(O[C@H]2[C@@H](O)[C@@H](CO)OC(O[C@H]3[C@@H](O)[C@@H](CO)OC(O[C@H]4[C@H](O)[C@@H](O)C(O)O[C@@H]4CO)[C@@H]3O)[C@@H]2NC(C)=O)(C(=O)O)C[C@H](O)[C@H]1NC(=O)CO. The maximum Gasteiger partial charge on any atom is 0.364 e. The van der Waals surface area contributed by atoms with Gasteiger partial charge < -0.3 is 120 Å². The van der Waals surface area contributed by atoms with Crippen molar-refractivity contribution in [3.8, 4) is 0 Å². The van der Waals surface area contributed by atoms with Crippen molar-refractivity contribution >= 4 is 17.8 Å². The highest BCUT2D eigenvalue weighted by molar-refractivity contribution is 5.78. The third kappa shape index (κ3) is 10.6. The summed E-state index contributed by atoms with van der Waals surface area (Å²) < 4.78 is 44.4. The standard InChI is InChI=1S/C32H54N2O25/c1-9(40)33-17-26(59-32(31(50)51)3-10(41)16(34-15(42)8-39)25(58-32)18(43)11(4-35)52-2)19(44)12(5-36)54-29(17)57-27-20(45)13(6-37)55-30(23(27)48)56-24-14(7-38)53-28(49)22(47)21(24)46/h10-14,16-30,35-39,41,43-49H,3-8H2,1-2H3,(H,33,40)(H,34,42)(H,50,51)/t10-,11+,12+,13+,14+,16+,17+,18+,19-,20-,21+,22+,23+,24+,25+,26+,27-,28?,29?,30?,32?/m0/s1. The van der Waals surface area contributed by atoms with Crippen LogP contribution in [0.5, 0.6) is 0 Å². The third-order valence-corrected chi connectivity index (χ3v) is 10.4. The van der Waals surface area contributed by atoms with Gasteiger partial charge in [-0.1, -0.05) is 0 Å². The molecule has 4 fully saturated rings. The van der Waals surface area contributed by atoms with Crippen LogP contribution < -0.4 is 10.6 Å². The molecule has 0 aromatic rings. The first-order valence-electron chi connectivity index (χ1n) is 18.3. The Morgan fingerprint density at radius 3 is 1.83 bits per heavy atom. The van der Waals surface area contributed by atoms with E-state index in [1.807, 2.05) is 0 Å². The van der Waals surface area contributed by atoms with E-state index >= 15 is 0 Å². The Labute approximate surface area is 334 Å². The number of ether oxygens (including phenoxy) is 8. The molecule has 4 saturated heterocycles. The highest BCUT2D eigenvalue weighted by Crippen LogP contribution is 2.39. The van der Waals surface area contributed by atoms with Crippen LogP contribution in [0.2, 0.25) is 0 Å². The van der Waals surface area contributed by atoms with E-state index in [1.54, 1.807) is 0 Å². The summed E-state index contributed by atoms with van der Waals surface area (Å²) in [4.78, 5) is 37.9. The molecular formula is C32H54N2O25. The molecule has 21 atom stereocenters. The maximum absolute atomic E-state index is 13.1. The lowest BCUT2D eigenvalue weighted by molar-refractivity contribution is -0.382. The maximum atomic E-state index is 13.1. The molecule has 4 aliphatic heterocycles. The van der Waals surface area contributed by atoms with Crippen molar-refractivity contribution in [2.45, 2.75) is 142 Å². The zero-order chi connectivity index (χ0) is 44.1. The molecule has 0 saturated carbocycles. The second kappa shape index (κ2) is 21.1. The van der Waals surface area contributed by atoms with Crippen LogP contribution >= 0.6 is 0 Å². The van der Waals surface area contributed by atoms with Gasteiger partial charge in [0.15, 0.2) is 18.9 Å². The van der Waals surface area contributed by atoms with Crippen LogP contribution in [-0.2, 0) is 52.3 Å². The molecule has 0 bridgehead atoms. The Morgan fingerprint density at radius 1 is 0.729 bits per heavy atom. The number of carbonyl (C=O) groups excluding carboxylic acids is 2. The Kier molecular flexibility index (Phi) is 17.6. The Hall–Kier alpha value is -2.43. The first-order valence-corrected chi connectivity index (χ1v) is 18.3. The van der Waals surface area contributed by atoms with Crippen molar-refractivity contribution in [3.63, 3.8) is 0 Å². The van der Waals surface area contributed by atoms with Gasteiger partial charge in [0, 0.05) is 20.5 Å². The molecule has 4 heterocycles. The molecule has 4 unspecified atom stereocenters. The average Bonchev–Trinajstić information content (AvgIpc) is 3.20. The van der Waals surface area contributed by atoms with Gasteiger partial charge in [0.2, 0.25) is 11.8 Å². The first-order chi connectivity index (χ1) is 27.8. The number of carboxylic acid groups (broad SMARTS) is 1. The smallest absolute Gasteiger partial charge is 0.364 e. The lowest BCUT2D eigenvalue weighted by Gasteiger charge is -2.52. The number of nitrogens with one attached hydrogen (secondary N) is 2. The van der Waals surface area contributed by atoms with E-state index < -0.39 is 186 Å². The third-order valence-electron chi connectivity index (χ3n) is 10.4. The quantitative estimate of drug-likeness (QED) is 0.0645. The van der Waals surface area contributed by atoms with Crippen molar-refractivity contribution < 1.29 is 124 Å². The summed E-state index contributed by atoms with van der Waals surface area (Å²) >= 11 is 0. The highest BCUT2D eigenvalue weighted by Gasteiger charge is 2.61. The topological polar surface area (TPSA) is 432 Å². The highest BCUT2D eigenvalue weighted by atomic mass is 16.8. The number of methoxy groups -OCH3 is 1. The van der Waals surface area contributed by atoms with Gasteiger partial charge in [-0.15, -0.1) is 0 Å². The van der Waals surface area contributed by atoms with Crippen LogP contribution in [0.4, 0.5) is 0 Å². The number of hydrogen-bond acceptors (Lipinski definition) is 24. The Bertz CT molecular complexity index is 1380. The van der Waals surface area contributed by atoms with E-state index in [4.69, 9.17) is 37.9 Å². The normalized spacial score (nSPS) is 44.0. The van der Waals surface area contributed by atoms with E-state index in [-0.39, 0.29) is 0 Å². The molecule has 59 heavy (non-hydrogen) atoms. The number of aliphatic carboxylic acids is 1.